The highest BCUT2D eigenvalue weighted by atomic mass is 35.5. The first kappa shape index (κ1) is 21.5. The molecule has 1 aromatic carbocycles. The number of phenols is 1. The maximum absolute atomic E-state index is 14.6. The molecule has 0 aliphatic carbocycles. The quantitative estimate of drug-likeness (QED) is 0.845. The van der Waals surface area contributed by atoms with Gasteiger partial charge < -0.3 is 15.2 Å². The van der Waals surface area contributed by atoms with E-state index in [1.165, 1.54) is 6.07 Å². The summed E-state index contributed by atoms with van der Waals surface area (Å²) in [4.78, 5) is 2.32. The van der Waals surface area contributed by atoms with Gasteiger partial charge in [0.15, 0.2) is 0 Å². The average molecular weight is 381 g/mol. The summed E-state index contributed by atoms with van der Waals surface area (Å²) in [7, 11) is 0. The molecule has 0 amide bonds. The van der Waals surface area contributed by atoms with Crippen molar-refractivity contribution in [2.75, 3.05) is 39.4 Å². The van der Waals surface area contributed by atoms with E-state index in [9.17, 15) is 9.50 Å². The number of nitrogens with one attached hydrogen (secondary N) is 1. The third-order valence-corrected chi connectivity index (χ3v) is 4.92. The lowest BCUT2D eigenvalue weighted by molar-refractivity contribution is 0.0195. The Morgan fingerprint density at radius 1 is 1.21 bits per heavy atom. The van der Waals surface area contributed by atoms with Crippen LogP contribution < -0.4 is 5.32 Å². The second-order valence-electron chi connectivity index (χ2n) is 6.31. The first-order valence-corrected chi connectivity index (χ1v) is 8.19. The van der Waals surface area contributed by atoms with E-state index in [0.29, 0.717) is 11.5 Å². The smallest absolute Gasteiger partial charge is 0.131 e. The van der Waals surface area contributed by atoms with Crippen molar-refractivity contribution in [2.45, 2.75) is 25.8 Å². The number of hydrogen-bond donors (Lipinski definition) is 2. The number of rotatable bonds is 3. The minimum atomic E-state index is -0.293. The number of ether oxygens (including phenoxy) is 1. The maximum Gasteiger partial charge on any atom is 0.131 e. The topological polar surface area (TPSA) is 44.7 Å². The number of benzene rings is 1. The molecule has 1 atom stereocenters. The van der Waals surface area contributed by atoms with Crippen LogP contribution in [0, 0.1) is 18.7 Å². The fourth-order valence-electron chi connectivity index (χ4n) is 3.68. The number of phenolic OH excluding ortho intramolecular Hbond substituents is 1. The van der Waals surface area contributed by atoms with Crippen LogP contribution in [0.4, 0.5) is 4.39 Å². The van der Waals surface area contributed by atoms with Gasteiger partial charge in [0.05, 0.1) is 0 Å². The zero-order valence-electron chi connectivity index (χ0n) is 14.0. The van der Waals surface area contributed by atoms with Gasteiger partial charge in [-0.1, -0.05) is 6.07 Å². The SMILES string of the molecule is Cc1ccc(F)c([C@H](C2CCOCC2)N2CCNCC2)c1O.Cl.Cl. The van der Waals surface area contributed by atoms with Crippen LogP contribution in [0.3, 0.4) is 0 Å². The molecule has 0 spiro atoms. The summed E-state index contributed by atoms with van der Waals surface area (Å²) in [6, 6.07) is 3.07. The van der Waals surface area contributed by atoms with E-state index >= 15 is 0 Å². The fraction of sp³-hybridized carbons (Fsp3) is 0.647. The van der Waals surface area contributed by atoms with E-state index in [0.717, 1.165) is 57.8 Å². The molecule has 1 aromatic rings. The van der Waals surface area contributed by atoms with Gasteiger partial charge in [-0.3, -0.25) is 4.90 Å². The highest BCUT2D eigenvalue weighted by molar-refractivity contribution is 5.85. The van der Waals surface area contributed by atoms with Crippen molar-refractivity contribution in [3.63, 3.8) is 0 Å². The van der Waals surface area contributed by atoms with Crippen molar-refractivity contribution in [1.82, 2.24) is 10.2 Å². The van der Waals surface area contributed by atoms with Gasteiger partial charge in [-0.15, -0.1) is 24.8 Å². The summed E-state index contributed by atoms with van der Waals surface area (Å²) in [5, 5.41) is 13.8. The summed E-state index contributed by atoms with van der Waals surface area (Å²) >= 11 is 0. The lowest BCUT2D eigenvalue weighted by atomic mass is 9.84. The molecule has 24 heavy (non-hydrogen) atoms. The molecule has 0 radical (unpaired) electrons. The Balaban J connectivity index is 0.00000144. The van der Waals surface area contributed by atoms with E-state index in [-0.39, 0.29) is 42.4 Å². The molecule has 0 unspecified atom stereocenters. The average Bonchev–Trinajstić information content (AvgIpc) is 2.57. The Bertz CT molecular complexity index is 504. The third-order valence-electron chi connectivity index (χ3n) is 4.92. The van der Waals surface area contributed by atoms with Gasteiger partial charge in [0.2, 0.25) is 0 Å². The molecule has 2 saturated heterocycles. The number of piperazine rings is 1. The van der Waals surface area contributed by atoms with Gasteiger partial charge in [0, 0.05) is 51.0 Å². The molecule has 0 bridgehead atoms. The van der Waals surface area contributed by atoms with Crippen LogP contribution in [0.15, 0.2) is 12.1 Å². The van der Waals surface area contributed by atoms with E-state index < -0.39 is 0 Å². The van der Waals surface area contributed by atoms with Crippen LogP contribution in [-0.2, 0) is 4.74 Å². The van der Waals surface area contributed by atoms with Crippen LogP contribution in [0.25, 0.3) is 0 Å². The van der Waals surface area contributed by atoms with Crippen molar-refractivity contribution in [1.29, 1.82) is 0 Å². The molecule has 2 fully saturated rings. The molecule has 0 aromatic heterocycles. The highest BCUT2D eigenvalue weighted by Crippen LogP contribution is 2.41. The number of aryl methyl sites for hydroxylation is 1. The highest BCUT2D eigenvalue weighted by Gasteiger charge is 2.35. The zero-order chi connectivity index (χ0) is 15.5. The first-order chi connectivity index (χ1) is 10.7. The van der Waals surface area contributed by atoms with Gasteiger partial charge in [0.25, 0.3) is 0 Å². The van der Waals surface area contributed by atoms with Crippen molar-refractivity contribution in [3.8, 4) is 5.75 Å². The molecule has 2 N–H and O–H groups in total. The molecule has 4 nitrogen and oxygen atoms in total. The van der Waals surface area contributed by atoms with E-state index in [2.05, 4.69) is 10.2 Å². The van der Waals surface area contributed by atoms with Gasteiger partial charge in [-0.05, 0) is 37.3 Å². The Kier molecular flexibility index (Phi) is 8.74. The molecule has 0 saturated carbocycles. The summed E-state index contributed by atoms with van der Waals surface area (Å²) in [5.74, 6) is 0.155. The van der Waals surface area contributed by atoms with Crippen LogP contribution in [0.1, 0.15) is 30.0 Å². The second-order valence-corrected chi connectivity index (χ2v) is 6.31. The van der Waals surface area contributed by atoms with Crippen LogP contribution in [-0.4, -0.2) is 49.4 Å². The zero-order valence-corrected chi connectivity index (χ0v) is 15.6. The summed E-state index contributed by atoms with van der Waals surface area (Å²) in [6.07, 6.45) is 1.84. The molecule has 2 aliphatic heterocycles. The second kappa shape index (κ2) is 9.78. The van der Waals surface area contributed by atoms with Gasteiger partial charge in [0.1, 0.15) is 11.6 Å². The lowest BCUT2D eigenvalue weighted by Crippen LogP contribution is -2.47. The lowest BCUT2D eigenvalue weighted by Gasteiger charge is -2.41. The fourth-order valence-corrected chi connectivity index (χ4v) is 3.68. The van der Waals surface area contributed by atoms with E-state index in [4.69, 9.17) is 4.74 Å². The standard InChI is InChI=1S/C17H25FN2O2.2ClH/c1-12-2-3-14(18)15(17(12)21)16(13-4-10-22-11-5-13)20-8-6-19-7-9-20;;/h2-3,13,16,19,21H,4-11H2,1H3;2*1H/t16-;;/m0../s1. The Labute approximate surface area is 155 Å². The van der Waals surface area contributed by atoms with Gasteiger partial charge in [-0.25, -0.2) is 4.39 Å². The number of aromatic hydroxyl groups is 1. The largest absolute Gasteiger partial charge is 0.507 e. The van der Waals surface area contributed by atoms with Crippen LogP contribution in [0.5, 0.6) is 5.75 Å². The normalized spacial score (nSPS) is 20.8. The van der Waals surface area contributed by atoms with Crippen molar-refractivity contribution in [3.05, 3.63) is 29.1 Å². The van der Waals surface area contributed by atoms with Crippen LogP contribution in [0.2, 0.25) is 0 Å². The van der Waals surface area contributed by atoms with Crippen molar-refractivity contribution in [2.24, 2.45) is 5.92 Å². The van der Waals surface area contributed by atoms with Gasteiger partial charge in [-0.2, -0.15) is 0 Å². The number of halogens is 3. The predicted molar refractivity (Wildman–Crippen MR) is 98.0 cm³/mol. The Hall–Kier alpha value is -0.590. The molecule has 7 heteroatoms. The Morgan fingerprint density at radius 2 is 1.83 bits per heavy atom. The monoisotopic (exact) mass is 380 g/mol. The number of nitrogens with zero attached hydrogens (tertiary/aromatic N) is 1. The van der Waals surface area contributed by atoms with Crippen LogP contribution >= 0.6 is 24.8 Å². The molecule has 2 aliphatic rings. The van der Waals surface area contributed by atoms with E-state index in [1.54, 1.807) is 6.07 Å². The molecular weight excluding hydrogens is 354 g/mol. The summed E-state index contributed by atoms with van der Waals surface area (Å²) in [6.45, 7) is 6.87. The summed E-state index contributed by atoms with van der Waals surface area (Å²) < 4.78 is 20.0. The maximum atomic E-state index is 14.6. The molecule has 138 valence electrons. The predicted octanol–water partition coefficient (Wildman–Crippen LogP) is 3.06. The molecule has 3 rings (SSSR count). The van der Waals surface area contributed by atoms with Crippen molar-refractivity contribution < 1.29 is 14.2 Å². The first-order valence-electron chi connectivity index (χ1n) is 8.19. The molecule has 2 heterocycles. The Morgan fingerprint density at radius 3 is 2.46 bits per heavy atom. The van der Waals surface area contributed by atoms with Gasteiger partial charge >= 0.3 is 0 Å². The number of hydrogen-bond acceptors (Lipinski definition) is 4. The minimum Gasteiger partial charge on any atom is -0.507 e. The minimum absolute atomic E-state index is 0. The van der Waals surface area contributed by atoms with Crippen molar-refractivity contribution >= 4 is 24.8 Å². The summed E-state index contributed by atoms with van der Waals surface area (Å²) in [5.41, 5.74) is 1.22. The van der Waals surface area contributed by atoms with E-state index in [1.807, 2.05) is 6.92 Å². The molecular formula is C17H27Cl2FN2O2. The third kappa shape index (κ3) is 4.52.